The van der Waals surface area contributed by atoms with Crippen molar-refractivity contribution in [3.05, 3.63) is 24.5 Å². The largest absolute Gasteiger partial charge is 0.471 e. The number of fused-ring (bicyclic) bond motifs is 1. The summed E-state index contributed by atoms with van der Waals surface area (Å²) in [4.78, 5) is 21.7. The van der Waals surface area contributed by atoms with Crippen molar-refractivity contribution in [1.82, 2.24) is 14.9 Å². The van der Waals surface area contributed by atoms with E-state index in [1.807, 2.05) is 31.0 Å². The summed E-state index contributed by atoms with van der Waals surface area (Å²) in [5.41, 5.74) is 1.62. The van der Waals surface area contributed by atoms with Crippen LogP contribution in [0.15, 0.2) is 24.5 Å². The van der Waals surface area contributed by atoms with Crippen LogP contribution in [0.5, 0.6) is 0 Å². The number of aromatic nitrogens is 2. The number of rotatable bonds is 2. The Labute approximate surface area is 137 Å². The highest BCUT2D eigenvalue weighted by atomic mass is 19.4. The molecule has 1 aliphatic rings. The number of likely N-dealkylation sites (N-methyl/N-ethyl adjacent to an activating group) is 1. The van der Waals surface area contributed by atoms with Crippen LogP contribution in [-0.2, 0) is 4.79 Å². The fourth-order valence-corrected chi connectivity index (χ4v) is 3.35. The molecular formula is C16H19F3N4O. The molecule has 5 nitrogen and oxygen atoms in total. The van der Waals surface area contributed by atoms with Gasteiger partial charge in [-0.05, 0) is 24.5 Å². The summed E-state index contributed by atoms with van der Waals surface area (Å²) in [6.07, 6.45) is -0.845. The van der Waals surface area contributed by atoms with Gasteiger partial charge in [0.2, 0.25) is 0 Å². The third kappa shape index (κ3) is 2.92. The van der Waals surface area contributed by atoms with E-state index in [0.29, 0.717) is 6.42 Å². The van der Waals surface area contributed by atoms with Crippen molar-refractivity contribution < 1.29 is 18.0 Å². The van der Waals surface area contributed by atoms with Crippen LogP contribution in [0.2, 0.25) is 0 Å². The predicted octanol–water partition coefficient (Wildman–Crippen LogP) is 2.80. The highest BCUT2D eigenvalue weighted by Crippen LogP contribution is 2.31. The number of hydrogen-bond donors (Lipinski definition) is 1. The summed E-state index contributed by atoms with van der Waals surface area (Å²) < 4.78 is 38.2. The predicted molar refractivity (Wildman–Crippen MR) is 84.7 cm³/mol. The number of alkyl halides is 3. The number of carbonyl (C=O) groups is 1. The van der Waals surface area contributed by atoms with Crippen LogP contribution in [0.3, 0.4) is 0 Å². The number of halogens is 3. The van der Waals surface area contributed by atoms with E-state index in [2.05, 4.69) is 9.97 Å². The molecule has 2 atom stereocenters. The van der Waals surface area contributed by atoms with Crippen molar-refractivity contribution in [3.63, 3.8) is 0 Å². The van der Waals surface area contributed by atoms with E-state index >= 15 is 0 Å². The average Bonchev–Trinajstić information content (AvgIpc) is 3.01. The first-order valence-electron chi connectivity index (χ1n) is 7.80. The van der Waals surface area contributed by atoms with Crippen molar-refractivity contribution in [2.75, 3.05) is 25.0 Å². The molecule has 1 unspecified atom stereocenters. The Bertz CT molecular complexity index is 742. The fraction of sp³-hybridized carbons (Fsp3) is 0.500. The summed E-state index contributed by atoms with van der Waals surface area (Å²) in [5.74, 6) is -1.58. The maximum atomic E-state index is 12.7. The molecule has 0 saturated carbocycles. The zero-order valence-electron chi connectivity index (χ0n) is 13.5. The van der Waals surface area contributed by atoms with Gasteiger partial charge in [0.1, 0.15) is 5.65 Å². The topological polar surface area (TPSA) is 52.2 Å². The van der Waals surface area contributed by atoms with Gasteiger partial charge in [-0.2, -0.15) is 13.2 Å². The smallest absolute Gasteiger partial charge is 0.369 e. The first-order chi connectivity index (χ1) is 11.3. The van der Waals surface area contributed by atoms with Crippen LogP contribution < -0.4 is 4.90 Å². The second-order valence-electron chi connectivity index (χ2n) is 6.26. The van der Waals surface area contributed by atoms with E-state index in [9.17, 15) is 18.0 Å². The van der Waals surface area contributed by atoms with Gasteiger partial charge in [-0.25, -0.2) is 4.98 Å². The molecule has 1 saturated heterocycles. The van der Waals surface area contributed by atoms with Gasteiger partial charge in [0.05, 0.1) is 0 Å². The fourth-order valence-electron chi connectivity index (χ4n) is 3.35. The van der Waals surface area contributed by atoms with E-state index in [1.54, 1.807) is 12.4 Å². The molecule has 3 heterocycles. The van der Waals surface area contributed by atoms with Crippen LogP contribution in [0, 0.1) is 5.92 Å². The summed E-state index contributed by atoms with van der Waals surface area (Å²) in [6, 6.07) is 3.54. The molecule has 2 aromatic heterocycles. The Balaban J connectivity index is 1.86. The van der Waals surface area contributed by atoms with Crippen molar-refractivity contribution in [3.8, 4) is 0 Å². The molecule has 0 aliphatic carbocycles. The highest BCUT2D eigenvalue weighted by Gasteiger charge is 2.45. The Morgan fingerprint density at radius 2 is 2.17 bits per heavy atom. The van der Waals surface area contributed by atoms with Crippen molar-refractivity contribution in [2.45, 2.75) is 25.6 Å². The molecular weight excluding hydrogens is 321 g/mol. The SMILES string of the molecule is C[C@@H]1CCN(C(=O)C(F)(F)F)CC1N(C)c1ccnc2[nH]ccc12. The molecule has 1 N–H and O–H groups in total. The molecule has 130 valence electrons. The second-order valence-corrected chi connectivity index (χ2v) is 6.26. The zero-order valence-corrected chi connectivity index (χ0v) is 13.5. The minimum absolute atomic E-state index is 0.0598. The molecule has 1 amide bonds. The van der Waals surface area contributed by atoms with Gasteiger partial charge in [0.25, 0.3) is 0 Å². The Hall–Kier alpha value is -2.25. The lowest BCUT2D eigenvalue weighted by molar-refractivity contribution is -0.187. The lowest BCUT2D eigenvalue weighted by atomic mass is 9.91. The number of hydrogen-bond acceptors (Lipinski definition) is 3. The first-order valence-corrected chi connectivity index (χ1v) is 7.80. The van der Waals surface area contributed by atoms with Gasteiger partial charge in [0.15, 0.2) is 0 Å². The van der Waals surface area contributed by atoms with Gasteiger partial charge in [-0.1, -0.05) is 6.92 Å². The zero-order chi connectivity index (χ0) is 17.5. The number of aromatic amines is 1. The quantitative estimate of drug-likeness (QED) is 0.915. The van der Waals surface area contributed by atoms with E-state index < -0.39 is 12.1 Å². The van der Waals surface area contributed by atoms with E-state index in [4.69, 9.17) is 0 Å². The van der Waals surface area contributed by atoms with E-state index in [-0.39, 0.29) is 25.0 Å². The van der Waals surface area contributed by atoms with Crippen molar-refractivity contribution >= 4 is 22.6 Å². The molecule has 0 spiro atoms. The van der Waals surface area contributed by atoms with Crippen LogP contribution in [0.4, 0.5) is 18.9 Å². The number of piperidine rings is 1. The maximum absolute atomic E-state index is 12.7. The van der Waals surface area contributed by atoms with Gasteiger partial charge in [0, 0.05) is 49.6 Å². The second kappa shape index (κ2) is 5.99. The molecule has 3 rings (SSSR count). The number of anilines is 1. The van der Waals surface area contributed by atoms with Crippen molar-refractivity contribution in [1.29, 1.82) is 0 Å². The molecule has 0 radical (unpaired) electrons. The number of H-pyrrole nitrogens is 1. The van der Waals surface area contributed by atoms with Crippen LogP contribution >= 0.6 is 0 Å². The number of nitrogens with zero attached hydrogens (tertiary/aromatic N) is 3. The molecule has 0 bridgehead atoms. The molecule has 1 aliphatic heterocycles. The van der Waals surface area contributed by atoms with E-state index in [0.717, 1.165) is 21.6 Å². The Kier molecular flexibility index (Phi) is 4.15. The summed E-state index contributed by atoms with van der Waals surface area (Å²) in [5, 5.41) is 0.909. The summed E-state index contributed by atoms with van der Waals surface area (Å²) >= 11 is 0. The number of nitrogens with one attached hydrogen (secondary N) is 1. The lowest BCUT2D eigenvalue weighted by Crippen LogP contribution is -2.55. The third-order valence-corrected chi connectivity index (χ3v) is 4.76. The molecule has 8 heteroatoms. The summed E-state index contributed by atoms with van der Waals surface area (Å²) in [6.45, 7) is 2.20. The van der Waals surface area contributed by atoms with Crippen molar-refractivity contribution in [2.24, 2.45) is 5.92 Å². The minimum atomic E-state index is -4.83. The summed E-state index contributed by atoms with van der Waals surface area (Å²) in [7, 11) is 1.85. The minimum Gasteiger partial charge on any atom is -0.369 e. The molecule has 0 aromatic carbocycles. The number of amides is 1. The monoisotopic (exact) mass is 340 g/mol. The average molecular weight is 340 g/mol. The molecule has 24 heavy (non-hydrogen) atoms. The number of carbonyl (C=O) groups excluding carboxylic acids is 1. The third-order valence-electron chi connectivity index (χ3n) is 4.76. The van der Waals surface area contributed by atoms with Crippen LogP contribution in [0.25, 0.3) is 11.0 Å². The van der Waals surface area contributed by atoms with E-state index in [1.165, 1.54) is 0 Å². The maximum Gasteiger partial charge on any atom is 0.471 e. The van der Waals surface area contributed by atoms with Crippen LogP contribution in [-0.4, -0.2) is 53.1 Å². The molecule has 1 fully saturated rings. The highest BCUT2D eigenvalue weighted by molar-refractivity contribution is 5.89. The number of pyridine rings is 1. The van der Waals surface area contributed by atoms with Gasteiger partial charge in [-0.3, -0.25) is 4.79 Å². The lowest BCUT2D eigenvalue weighted by Gasteiger charge is -2.42. The Morgan fingerprint density at radius 3 is 2.88 bits per heavy atom. The van der Waals surface area contributed by atoms with Gasteiger partial charge >= 0.3 is 12.1 Å². The standard InChI is InChI=1S/C16H19F3N4O/c1-10-5-8-23(15(24)16(17,18)19)9-13(10)22(2)12-4-7-21-14-11(12)3-6-20-14/h3-4,6-7,10,13H,5,8-9H2,1-2H3,(H,20,21)/t10-,13?/m1/s1. The Morgan fingerprint density at radius 1 is 1.42 bits per heavy atom. The number of likely N-dealkylation sites (tertiary alicyclic amines) is 1. The first kappa shape index (κ1) is 16.6. The molecule has 2 aromatic rings. The van der Waals surface area contributed by atoms with Gasteiger partial charge in [-0.15, -0.1) is 0 Å². The van der Waals surface area contributed by atoms with Crippen LogP contribution in [0.1, 0.15) is 13.3 Å². The van der Waals surface area contributed by atoms with Gasteiger partial charge < -0.3 is 14.8 Å². The normalized spacial score (nSPS) is 22.0.